The first-order valence-corrected chi connectivity index (χ1v) is 6.43. The Labute approximate surface area is 123 Å². The minimum atomic E-state index is -0.798. The first kappa shape index (κ1) is 16.5. The molecule has 0 aromatic carbocycles. The predicted molar refractivity (Wildman–Crippen MR) is 75.1 cm³/mol. The predicted octanol–water partition coefficient (Wildman–Crippen LogP) is 1.32. The van der Waals surface area contributed by atoms with E-state index in [4.69, 9.17) is 9.52 Å². The average molecular weight is 303 g/mol. The second-order valence-corrected chi connectivity index (χ2v) is 4.57. The molecular weight excluding hydrogens is 284 g/mol. The van der Waals surface area contributed by atoms with Crippen molar-refractivity contribution in [1.29, 1.82) is 0 Å². The van der Waals surface area contributed by atoms with E-state index in [2.05, 4.69) is 0 Å². The van der Waals surface area contributed by atoms with Crippen LogP contribution in [0, 0.1) is 0 Å². The number of aliphatic carboxylic acids is 1. The molecule has 0 aliphatic carbocycles. The third-order valence-corrected chi connectivity index (χ3v) is 3.45. The number of halogens is 1. The molecule has 0 saturated carbocycles. The number of carbonyl (C=O) groups excluding carboxylic acids is 1. The van der Waals surface area contributed by atoms with Crippen molar-refractivity contribution in [3.8, 4) is 0 Å². The number of carboxylic acid groups (broad SMARTS) is 1. The van der Waals surface area contributed by atoms with Gasteiger partial charge in [0.1, 0.15) is 6.04 Å². The number of furan rings is 1. The quantitative estimate of drug-likeness (QED) is 0.908. The molecule has 1 fully saturated rings. The first-order valence-electron chi connectivity index (χ1n) is 6.43. The molecule has 1 unspecified atom stereocenters. The van der Waals surface area contributed by atoms with Gasteiger partial charge in [0.05, 0.1) is 6.26 Å². The maximum absolute atomic E-state index is 12.0. The second kappa shape index (κ2) is 7.31. The number of piperazine rings is 1. The van der Waals surface area contributed by atoms with Gasteiger partial charge in [0.15, 0.2) is 5.76 Å². The van der Waals surface area contributed by atoms with E-state index in [1.165, 1.54) is 6.26 Å². The van der Waals surface area contributed by atoms with Gasteiger partial charge in [-0.05, 0) is 18.6 Å². The van der Waals surface area contributed by atoms with E-state index in [-0.39, 0.29) is 18.3 Å². The van der Waals surface area contributed by atoms with Crippen molar-refractivity contribution in [3.63, 3.8) is 0 Å². The van der Waals surface area contributed by atoms with E-state index < -0.39 is 12.0 Å². The lowest BCUT2D eigenvalue weighted by Gasteiger charge is -2.37. The lowest BCUT2D eigenvalue weighted by molar-refractivity contribution is -0.144. The number of hydrogen-bond acceptors (Lipinski definition) is 4. The molecule has 2 heterocycles. The third-order valence-electron chi connectivity index (χ3n) is 3.45. The van der Waals surface area contributed by atoms with Crippen molar-refractivity contribution < 1.29 is 19.1 Å². The highest BCUT2D eigenvalue weighted by molar-refractivity contribution is 5.91. The number of rotatable bonds is 4. The van der Waals surface area contributed by atoms with Crippen LogP contribution in [-0.2, 0) is 4.79 Å². The monoisotopic (exact) mass is 302 g/mol. The van der Waals surface area contributed by atoms with Crippen LogP contribution in [0.25, 0.3) is 0 Å². The minimum Gasteiger partial charge on any atom is -0.480 e. The van der Waals surface area contributed by atoms with E-state index in [1.54, 1.807) is 17.0 Å². The average Bonchev–Trinajstić information content (AvgIpc) is 2.93. The van der Waals surface area contributed by atoms with E-state index in [9.17, 15) is 9.59 Å². The Hall–Kier alpha value is -1.53. The second-order valence-electron chi connectivity index (χ2n) is 4.57. The molecule has 0 radical (unpaired) electrons. The Morgan fingerprint density at radius 1 is 1.35 bits per heavy atom. The van der Waals surface area contributed by atoms with Gasteiger partial charge < -0.3 is 14.4 Å². The molecule has 6 nitrogen and oxygen atoms in total. The molecule has 0 spiro atoms. The van der Waals surface area contributed by atoms with Crippen LogP contribution in [0.5, 0.6) is 0 Å². The van der Waals surface area contributed by atoms with Crippen LogP contribution in [0.15, 0.2) is 22.8 Å². The van der Waals surface area contributed by atoms with Gasteiger partial charge in [-0.1, -0.05) is 6.92 Å². The largest absolute Gasteiger partial charge is 0.480 e. The molecule has 1 aromatic heterocycles. The van der Waals surface area contributed by atoms with Crippen LogP contribution >= 0.6 is 12.4 Å². The van der Waals surface area contributed by atoms with Crippen molar-refractivity contribution in [3.05, 3.63) is 24.2 Å². The number of nitrogens with zero attached hydrogens (tertiary/aromatic N) is 2. The van der Waals surface area contributed by atoms with E-state index in [0.29, 0.717) is 38.4 Å². The highest BCUT2D eigenvalue weighted by Gasteiger charge is 2.29. The Morgan fingerprint density at radius 2 is 2.00 bits per heavy atom. The minimum absolute atomic E-state index is 0. The van der Waals surface area contributed by atoms with Gasteiger partial charge in [0, 0.05) is 26.2 Å². The molecule has 112 valence electrons. The summed E-state index contributed by atoms with van der Waals surface area (Å²) in [5, 5.41) is 9.11. The Morgan fingerprint density at radius 3 is 2.45 bits per heavy atom. The van der Waals surface area contributed by atoms with Gasteiger partial charge in [0.25, 0.3) is 5.91 Å². The van der Waals surface area contributed by atoms with E-state index >= 15 is 0 Å². The first-order chi connectivity index (χ1) is 9.13. The molecule has 7 heteroatoms. The molecule has 0 bridgehead atoms. The standard InChI is InChI=1S/C13H18N2O4.ClH/c1-2-10(13(17)18)14-5-7-15(8-6-14)12(16)11-4-3-9-19-11;/h3-4,9-10H,2,5-8H2,1H3,(H,17,18);1H. The van der Waals surface area contributed by atoms with E-state index in [0.717, 1.165) is 0 Å². The summed E-state index contributed by atoms with van der Waals surface area (Å²) in [5.74, 6) is -0.597. The highest BCUT2D eigenvalue weighted by atomic mass is 35.5. The van der Waals surface area contributed by atoms with Crippen LogP contribution < -0.4 is 0 Å². The van der Waals surface area contributed by atoms with Crippen molar-refractivity contribution >= 4 is 24.3 Å². The summed E-state index contributed by atoms with van der Waals surface area (Å²) in [7, 11) is 0. The molecule has 1 aromatic rings. The topological polar surface area (TPSA) is 74.0 Å². The summed E-state index contributed by atoms with van der Waals surface area (Å²) in [5.41, 5.74) is 0. The van der Waals surface area contributed by atoms with Crippen molar-refractivity contribution in [2.45, 2.75) is 19.4 Å². The summed E-state index contributed by atoms with van der Waals surface area (Å²) >= 11 is 0. The molecule has 1 atom stereocenters. The number of carboxylic acids is 1. The Balaban J connectivity index is 0.00000200. The van der Waals surface area contributed by atoms with Crippen molar-refractivity contribution in [2.24, 2.45) is 0 Å². The lowest BCUT2D eigenvalue weighted by Crippen LogP contribution is -2.53. The zero-order chi connectivity index (χ0) is 13.8. The third kappa shape index (κ3) is 3.52. The SMILES string of the molecule is CCC(C(=O)O)N1CCN(C(=O)c2ccco2)CC1.Cl. The van der Waals surface area contributed by atoms with Crippen LogP contribution in [0.1, 0.15) is 23.9 Å². The Bertz CT molecular complexity index is 441. The summed E-state index contributed by atoms with van der Waals surface area (Å²) in [6, 6.07) is 2.86. The van der Waals surface area contributed by atoms with Gasteiger partial charge in [-0.25, -0.2) is 0 Å². The lowest BCUT2D eigenvalue weighted by atomic mass is 10.1. The molecule has 20 heavy (non-hydrogen) atoms. The number of amides is 1. The highest BCUT2D eigenvalue weighted by Crippen LogP contribution is 2.12. The fourth-order valence-corrected chi connectivity index (χ4v) is 2.38. The summed E-state index contributed by atoms with van der Waals surface area (Å²) in [6.45, 7) is 4.08. The normalized spacial score (nSPS) is 17.4. The maximum Gasteiger partial charge on any atom is 0.320 e. The molecule has 2 rings (SSSR count). The summed E-state index contributed by atoms with van der Waals surface area (Å²) < 4.78 is 5.08. The van der Waals surface area contributed by atoms with Crippen molar-refractivity contribution in [1.82, 2.24) is 9.80 Å². The number of carbonyl (C=O) groups is 2. The Kier molecular flexibility index (Phi) is 6.04. The van der Waals surface area contributed by atoms with Crippen LogP contribution in [0.4, 0.5) is 0 Å². The summed E-state index contributed by atoms with van der Waals surface area (Å²) in [6.07, 6.45) is 2.04. The van der Waals surface area contributed by atoms with Gasteiger partial charge in [0.2, 0.25) is 0 Å². The fourth-order valence-electron chi connectivity index (χ4n) is 2.38. The van der Waals surface area contributed by atoms with Gasteiger partial charge in [-0.2, -0.15) is 0 Å². The summed E-state index contributed by atoms with van der Waals surface area (Å²) in [4.78, 5) is 26.7. The molecular formula is C13H19ClN2O4. The molecule has 1 saturated heterocycles. The van der Waals surface area contributed by atoms with Gasteiger partial charge in [-0.3, -0.25) is 14.5 Å². The maximum atomic E-state index is 12.0. The van der Waals surface area contributed by atoms with Crippen LogP contribution in [0.3, 0.4) is 0 Å². The van der Waals surface area contributed by atoms with Crippen molar-refractivity contribution in [2.75, 3.05) is 26.2 Å². The zero-order valence-corrected chi connectivity index (χ0v) is 12.1. The van der Waals surface area contributed by atoms with E-state index in [1.807, 2.05) is 11.8 Å². The van der Waals surface area contributed by atoms with Crippen LogP contribution in [-0.4, -0.2) is 59.0 Å². The molecule has 1 N–H and O–H groups in total. The zero-order valence-electron chi connectivity index (χ0n) is 11.3. The molecule has 1 aliphatic heterocycles. The van der Waals surface area contributed by atoms with Gasteiger partial charge in [-0.15, -0.1) is 12.4 Å². The fraction of sp³-hybridized carbons (Fsp3) is 0.538. The molecule has 1 amide bonds. The van der Waals surface area contributed by atoms with Crippen LogP contribution in [0.2, 0.25) is 0 Å². The number of hydrogen-bond donors (Lipinski definition) is 1. The smallest absolute Gasteiger partial charge is 0.320 e. The molecule has 1 aliphatic rings. The van der Waals surface area contributed by atoms with Gasteiger partial charge >= 0.3 is 5.97 Å².